The van der Waals surface area contributed by atoms with Gasteiger partial charge >= 0.3 is 0 Å². The minimum absolute atomic E-state index is 0.0388. The van der Waals surface area contributed by atoms with E-state index in [0.717, 1.165) is 17.2 Å². The van der Waals surface area contributed by atoms with Crippen LogP contribution in [0.5, 0.6) is 5.75 Å². The first-order valence-corrected chi connectivity index (χ1v) is 6.73. The Balaban J connectivity index is 1.49. The highest BCUT2D eigenvalue weighted by molar-refractivity contribution is 5.26. The van der Waals surface area contributed by atoms with Crippen LogP contribution in [-0.2, 0) is 16.4 Å². The average Bonchev–Trinajstić information content (AvgIpc) is 3.00. The maximum Gasteiger partial charge on any atom is 0.118 e. The smallest absolute Gasteiger partial charge is 0.118 e. The van der Waals surface area contributed by atoms with Crippen molar-refractivity contribution in [3.8, 4) is 5.75 Å². The van der Waals surface area contributed by atoms with Crippen LogP contribution in [0.4, 0.5) is 0 Å². The Hall–Kier alpha value is -1.06. The average molecular weight is 248 g/mol. The van der Waals surface area contributed by atoms with Crippen molar-refractivity contribution in [1.29, 1.82) is 0 Å². The van der Waals surface area contributed by atoms with E-state index in [2.05, 4.69) is 0 Å². The van der Waals surface area contributed by atoms with Crippen molar-refractivity contribution in [3.05, 3.63) is 29.8 Å². The number of ether oxygens (including phenoxy) is 1. The van der Waals surface area contributed by atoms with Gasteiger partial charge in [0.2, 0.25) is 0 Å². The first-order chi connectivity index (χ1) is 8.80. The minimum Gasteiger partial charge on any atom is -0.497 e. The van der Waals surface area contributed by atoms with Gasteiger partial charge in [0.1, 0.15) is 18.0 Å². The topological polar surface area (TPSA) is 27.7 Å². The van der Waals surface area contributed by atoms with Gasteiger partial charge in [-0.1, -0.05) is 12.1 Å². The Labute approximate surface area is 108 Å². The van der Waals surface area contributed by atoms with Gasteiger partial charge in [-0.25, -0.2) is 9.78 Å². The van der Waals surface area contributed by atoms with Crippen LogP contribution in [-0.4, -0.2) is 12.7 Å². The molecule has 2 aliphatic carbocycles. The Morgan fingerprint density at radius 1 is 1.17 bits per heavy atom. The molecule has 3 nitrogen and oxygen atoms in total. The molecule has 2 aliphatic rings. The van der Waals surface area contributed by atoms with E-state index in [9.17, 15) is 0 Å². The van der Waals surface area contributed by atoms with E-state index in [0.29, 0.717) is 6.61 Å². The second-order valence-electron chi connectivity index (χ2n) is 5.52. The van der Waals surface area contributed by atoms with E-state index in [1.54, 1.807) is 7.11 Å². The van der Waals surface area contributed by atoms with Gasteiger partial charge in [0, 0.05) is 0 Å². The summed E-state index contributed by atoms with van der Waals surface area (Å²) in [5.41, 5.74) is 1.15. The molecule has 1 aromatic carbocycles. The van der Waals surface area contributed by atoms with Crippen LogP contribution in [0.2, 0.25) is 0 Å². The predicted octanol–water partition coefficient (Wildman–Crippen LogP) is 3.48. The Kier molecular flexibility index (Phi) is 3.27. The predicted molar refractivity (Wildman–Crippen MR) is 68.2 cm³/mol. The van der Waals surface area contributed by atoms with Crippen LogP contribution in [0.15, 0.2) is 24.3 Å². The molecule has 0 amide bonds. The lowest BCUT2D eigenvalue weighted by molar-refractivity contribution is -0.367. The van der Waals surface area contributed by atoms with Crippen molar-refractivity contribution in [3.63, 3.8) is 0 Å². The van der Waals surface area contributed by atoms with Crippen molar-refractivity contribution in [2.75, 3.05) is 7.11 Å². The molecular formula is C15H20O3. The van der Waals surface area contributed by atoms with Crippen LogP contribution in [0, 0.1) is 5.92 Å². The molecule has 0 aromatic heterocycles. The number of hydrogen-bond acceptors (Lipinski definition) is 3. The summed E-state index contributed by atoms with van der Waals surface area (Å²) in [5, 5.41) is 0. The fraction of sp³-hybridized carbons (Fsp3) is 0.600. The number of methoxy groups -OCH3 is 1. The molecule has 0 heterocycles. The summed E-state index contributed by atoms with van der Waals surface area (Å²) in [5.74, 6) is 1.75. The molecule has 98 valence electrons. The van der Waals surface area contributed by atoms with Gasteiger partial charge in [0.05, 0.1) is 7.11 Å². The minimum atomic E-state index is 0.0388. The summed E-state index contributed by atoms with van der Waals surface area (Å²) in [4.78, 5) is 11.2. The van der Waals surface area contributed by atoms with Gasteiger partial charge in [-0.2, -0.15) is 0 Å². The van der Waals surface area contributed by atoms with Gasteiger partial charge in [-0.3, -0.25) is 0 Å². The quantitative estimate of drug-likeness (QED) is 0.590. The van der Waals surface area contributed by atoms with Gasteiger partial charge in [-0.05, 0) is 55.7 Å². The van der Waals surface area contributed by atoms with Gasteiger partial charge < -0.3 is 4.74 Å². The summed E-state index contributed by atoms with van der Waals surface area (Å²) < 4.78 is 5.12. The van der Waals surface area contributed by atoms with Crippen LogP contribution < -0.4 is 4.74 Å². The summed E-state index contributed by atoms with van der Waals surface area (Å²) in [6.45, 7) is 0.510. The SMILES string of the molecule is COc1ccc(COOC23CCC(CC2)C3)cc1. The maximum atomic E-state index is 5.71. The molecule has 0 atom stereocenters. The molecule has 0 spiro atoms. The van der Waals surface area contributed by atoms with Crippen molar-refractivity contribution in [2.45, 2.75) is 44.3 Å². The molecule has 2 saturated carbocycles. The molecule has 3 rings (SSSR count). The molecule has 0 N–H and O–H groups in total. The lowest BCUT2D eigenvalue weighted by Crippen LogP contribution is -2.26. The molecule has 0 aliphatic heterocycles. The summed E-state index contributed by atoms with van der Waals surface area (Å²) in [7, 11) is 1.67. The van der Waals surface area contributed by atoms with E-state index < -0.39 is 0 Å². The van der Waals surface area contributed by atoms with E-state index in [4.69, 9.17) is 14.5 Å². The highest BCUT2D eigenvalue weighted by Crippen LogP contribution is 2.50. The van der Waals surface area contributed by atoms with Gasteiger partial charge in [0.25, 0.3) is 0 Å². The fourth-order valence-electron chi connectivity index (χ4n) is 3.20. The van der Waals surface area contributed by atoms with Gasteiger partial charge in [0.15, 0.2) is 0 Å². The zero-order valence-corrected chi connectivity index (χ0v) is 10.9. The largest absolute Gasteiger partial charge is 0.497 e. The molecule has 2 bridgehead atoms. The molecule has 18 heavy (non-hydrogen) atoms. The van der Waals surface area contributed by atoms with Crippen LogP contribution in [0.25, 0.3) is 0 Å². The van der Waals surface area contributed by atoms with Crippen LogP contribution in [0.1, 0.15) is 37.7 Å². The monoisotopic (exact) mass is 248 g/mol. The zero-order chi connectivity index (χ0) is 12.4. The highest BCUT2D eigenvalue weighted by Gasteiger charge is 2.47. The number of rotatable bonds is 5. The van der Waals surface area contributed by atoms with Crippen molar-refractivity contribution in [1.82, 2.24) is 0 Å². The molecule has 0 unspecified atom stereocenters. The Bertz CT molecular complexity index is 391. The molecule has 2 fully saturated rings. The highest BCUT2D eigenvalue weighted by atomic mass is 17.2. The summed E-state index contributed by atoms with van der Waals surface area (Å²) >= 11 is 0. The molecular weight excluding hydrogens is 228 g/mol. The third-order valence-corrected chi connectivity index (χ3v) is 4.30. The number of fused-ring (bicyclic) bond motifs is 2. The van der Waals surface area contributed by atoms with Crippen molar-refractivity contribution >= 4 is 0 Å². The third-order valence-electron chi connectivity index (χ3n) is 4.30. The molecule has 0 saturated heterocycles. The molecule has 0 radical (unpaired) electrons. The van der Waals surface area contributed by atoms with E-state index >= 15 is 0 Å². The third kappa shape index (κ3) is 2.38. The Morgan fingerprint density at radius 2 is 1.89 bits per heavy atom. The van der Waals surface area contributed by atoms with E-state index in [-0.39, 0.29) is 5.60 Å². The molecule has 3 heteroatoms. The second kappa shape index (κ2) is 4.90. The van der Waals surface area contributed by atoms with Crippen molar-refractivity contribution < 1.29 is 14.5 Å². The fourth-order valence-corrected chi connectivity index (χ4v) is 3.20. The number of benzene rings is 1. The summed E-state index contributed by atoms with van der Waals surface area (Å²) in [6, 6.07) is 7.90. The lowest BCUT2D eigenvalue weighted by atomic mass is 9.97. The van der Waals surface area contributed by atoms with E-state index in [1.807, 2.05) is 24.3 Å². The van der Waals surface area contributed by atoms with Crippen LogP contribution in [0.3, 0.4) is 0 Å². The first kappa shape index (κ1) is 12.0. The lowest BCUT2D eigenvalue weighted by Gasteiger charge is -2.24. The van der Waals surface area contributed by atoms with Crippen LogP contribution >= 0.6 is 0 Å². The molecule has 1 aromatic rings. The summed E-state index contributed by atoms with van der Waals surface area (Å²) in [6.07, 6.45) is 6.15. The normalized spacial score (nSPS) is 29.7. The maximum absolute atomic E-state index is 5.71. The van der Waals surface area contributed by atoms with E-state index in [1.165, 1.54) is 32.1 Å². The second-order valence-corrected chi connectivity index (χ2v) is 5.52. The Morgan fingerprint density at radius 3 is 2.44 bits per heavy atom. The zero-order valence-electron chi connectivity index (χ0n) is 10.9. The standard InChI is InChI=1S/C15H20O3/c1-16-14-4-2-13(3-5-14)11-17-18-15-8-6-12(10-15)7-9-15/h2-5,12H,6-11H2,1H3. The first-order valence-electron chi connectivity index (χ1n) is 6.73. The van der Waals surface area contributed by atoms with Crippen molar-refractivity contribution in [2.24, 2.45) is 5.92 Å². The number of hydrogen-bond donors (Lipinski definition) is 0. The van der Waals surface area contributed by atoms with Gasteiger partial charge in [-0.15, -0.1) is 0 Å².